The molecule has 0 saturated heterocycles. The topological polar surface area (TPSA) is 73.7 Å². The van der Waals surface area contributed by atoms with Crippen molar-refractivity contribution >= 4 is 18.4 Å². The summed E-state index contributed by atoms with van der Waals surface area (Å²) in [6, 6.07) is 11.8. The van der Waals surface area contributed by atoms with E-state index in [1.807, 2.05) is 12.1 Å². The Hall–Kier alpha value is -3.13. The third-order valence-corrected chi connectivity index (χ3v) is 4.55. The SMILES string of the molecule is CCc1ccc(C=Nn2c(-c3cc(OC)c(OC)c(OC)c3)n[nH]c2=S)cc1. The van der Waals surface area contributed by atoms with Crippen molar-refractivity contribution in [3.05, 3.63) is 52.3 Å². The summed E-state index contributed by atoms with van der Waals surface area (Å²) in [5.41, 5.74) is 2.96. The molecule has 0 aliphatic heterocycles. The predicted octanol–water partition coefficient (Wildman–Crippen LogP) is 4.08. The van der Waals surface area contributed by atoms with E-state index in [0.717, 1.165) is 17.5 Å². The highest BCUT2D eigenvalue weighted by atomic mass is 32.1. The Kier molecular flexibility index (Phi) is 6.10. The van der Waals surface area contributed by atoms with E-state index < -0.39 is 0 Å². The molecule has 0 saturated carbocycles. The van der Waals surface area contributed by atoms with Crippen LogP contribution in [-0.4, -0.2) is 42.4 Å². The van der Waals surface area contributed by atoms with Crippen LogP contribution < -0.4 is 14.2 Å². The summed E-state index contributed by atoms with van der Waals surface area (Å²) < 4.78 is 18.2. The maximum absolute atomic E-state index is 5.42. The zero-order chi connectivity index (χ0) is 20.1. The summed E-state index contributed by atoms with van der Waals surface area (Å²) in [5.74, 6) is 2.09. The van der Waals surface area contributed by atoms with Crippen LogP contribution >= 0.6 is 12.2 Å². The summed E-state index contributed by atoms with van der Waals surface area (Å²) in [7, 11) is 4.69. The second kappa shape index (κ2) is 8.71. The third-order valence-electron chi connectivity index (χ3n) is 4.28. The van der Waals surface area contributed by atoms with Crippen molar-refractivity contribution in [2.24, 2.45) is 5.10 Å². The van der Waals surface area contributed by atoms with E-state index in [2.05, 4.69) is 34.4 Å². The maximum atomic E-state index is 5.42. The van der Waals surface area contributed by atoms with E-state index in [0.29, 0.717) is 27.8 Å². The number of rotatable bonds is 7. The minimum atomic E-state index is 0.380. The Balaban J connectivity index is 2.03. The molecular formula is C20H22N4O3S. The van der Waals surface area contributed by atoms with Crippen LogP contribution in [0.25, 0.3) is 11.4 Å². The van der Waals surface area contributed by atoms with Crippen molar-refractivity contribution in [3.63, 3.8) is 0 Å². The summed E-state index contributed by atoms with van der Waals surface area (Å²) in [6.07, 6.45) is 2.74. The van der Waals surface area contributed by atoms with Crippen LogP contribution in [0, 0.1) is 4.77 Å². The molecule has 0 aliphatic carbocycles. The Bertz CT molecular complexity index is 1010. The van der Waals surface area contributed by atoms with Crippen molar-refractivity contribution in [2.45, 2.75) is 13.3 Å². The molecule has 0 fully saturated rings. The molecule has 1 aromatic heterocycles. The number of aromatic nitrogens is 3. The number of benzene rings is 2. The predicted molar refractivity (Wildman–Crippen MR) is 111 cm³/mol. The van der Waals surface area contributed by atoms with Crippen molar-refractivity contribution in [1.29, 1.82) is 0 Å². The van der Waals surface area contributed by atoms with Gasteiger partial charge in [0.2, 0.25) is 10.5 Å². The molecule has 1 heterocycles. The molecular weight excluding hydrogens is 376 g/mol. The van der Waals surface area contributed by atoms with E-state index in [-0.39, 0.29) is 0 Å². The average molecular weight is 398 g/mol. The maximum Gasteiger partial charge on any atom is 0.216 e. The number of ether oxygens (including phenoxy) is 3. The molecule has 3 rings (SSSR count). The largest absolute Gasteiger partial charge is 0.493 e. The van der Waals surface area contributed by atoms with Crippen LogP contribution in [0.4, 0.5) is 0 Å². The molecule has 1 N–H and O–H groups in total. The highest BCUT2D eigenvalue weighted by molar-refractivity contribution is 7.71. The number of nitrogens with zero attached hydrogens (tertiary/aromatic N) is 3. The highest BCUT2D eigenvalue weighted by Crippen LogP contribution is 2.40. The smallest absolute Gasteiger partial charge is 0.216 e. The number of aromatic amines is 1. The number of aryl methyl sites for hydroxylation is 1. The van der Waals surface area contributed by atoms with Crippen LogP contribution in [0.15, 0.2) is 41.5 Å². The number of methoxy groups -OCH3 is 3. The van der Waals surface area contributed by atoms with Gasteiger partial charge in [-0.1, -0.05) is 31.2 Å². The Morgan fingerprint density at radius 3 is 2.25 bits per heavy atom. The van der Waals surface area contributed by atoms with Gasteiger partial charge in [0.25, 0.3) is 0 Å². The Morgan fingerprint density at radius 1 is 1.07 bits per heavy atom. The lowest BCUT2D eigenvalue weighted by atomic mass is 10.1. The third kappa shape index (κ3) is 3.91. The van der Waals surface area contributed by atoms with Crippen LogP contribution in [0.5, 0.6) is 17.2 Å². The molecule has 0 bridgehead atoms. The molecule has 0 aliphatic rings. The molecule has 0 atom stereocenters. The van der Waals surface area contributed by atoms with Crippen molar-refractivity contribution in [3.8, 4) is 28.6 Å². The molecule has 7 nitrogen and oxygen atoms in total. The minimum absolute atomic E-state index is 0.380. The van der Waals surface area contributed by atoms with Gasteiger partial charge in [0.1, 0.15) is 0 Å². The van der Waals surface area contributed by atoms with Gasteiger partial charge in [0.15, 0.2) is 17.3 Å². The molecule has 8 heteroatoms. The van der Waals surface area contributed by atoms with Crippen LogP contribution in [0.1, 0.15) is 18.1 Å². The van der Waals surface area contributed by atoms with Crippen LogP contribution in [0.2, 0.25) is 0 Å². The zero-order valence-electron chi connectivity index (χ0n) is 16.2. The highest BCUT2D eigenvalue weighted by Gasteiger charge is 2.17. The first-order valence-corrected chi connectivity index (χ1v) is 9.13. The van der Waals surface area contributed by atoms with E-state index in [1.165, 1.54) is 5.56 Å². The summed E-state index contributed by atoms with van der Waals surface area (Å²) >= 11 is 5.34. The number of hydrogen-bond acceptors (Lipinski definition) is 6. The number of hydrogen-bond donors (Lipinski definition) is 1. The number of H-pyrrole nitrogens is 1. The van der Waals surface area contributed by atoms with Gasteiger partial charge < -0.3 is 14.2 Å². The standard InChI is InChI=1S/C20H22N4O3S/c1-5-13-6-8-14(9-7-13)12-21-24-19(22-23-20(24)28)15-10-16(25-2)18(27-4)17(11-15)26-3/h6-12H,5H2,1-4H3,(H,23,28). The molecule has 0 amide bonds. The van der Waals surface area contributed by atoms with Gasteiger partial charge in [-0.15, -0.1) is 0 Å². The van der Waals surface area contributed by atoms with Gasteiger partial charge in [-0.05, 0) is 41.9 Å². The van der Waals surface area contributed by atoms with Crippen LogP contribution in [0.3, 0.4) is 0 Å². The van der Waals surface area contributed by atoms with Gasteiger partial charge in [-0.25, -0.2) is 5.10 Å². The minimum Gasteiger partial charge on any atom is -0.493 e. The van der Waals surface area contributed by atoms with Gasteiger partial charge in [0.05, 0.1) is 27.5 Å². The van der Waals surface area contributed by atoms with Crippen molar-refractivity contribution in [1.82, 2.24) is 14.9 Å². The fourth-order valence-electron chi connectivity index (χ4n) is 2.76. The van der Waals surface area contributed by atoms with Crippen LogP contribution in [-0.2, 0) is 6.42 Å². The molecule has 28 heavy (non-hydrogen) atoms. The van der Waals surface area contributed by atoms with Crippen molar-refractivity contribution in [2.75, 3.05) is 21.3 Å². The fraction of sp³-hybridized carbons (Fsp3) is 0.250. The lowest BCUT2D eigenvalue weighted by Crippen LogP contribution is -1.99. The van der Waals surface area contributed by atoms with E-state index in [4.69, 9.17) is 26.4 Å². The summed E-state index contributed by atoms with van der Waals surface area (Å²) in [5, 5.41) is 11.6. The Morgan fingerprint density at radius 2 is 1.71 bits per heavy atom. The Labute approximate surface area is 168 Å². The first-order chi connectivity index (χ1) is 13.6. The molecule has 0 spiro atoms. The molecule has 0 unspecified atom stereocenters. The first kappa shape index (κ1) is 19.6. The number of nitrogens with one attached hydrogen (secondary N) is 1. The van der Waals surface area contributed by atoms with Gasteiger partial charge in [-0.2, -0.15) is 14.9 Å². The molecule has 0 radical (unpaired) electrons. The molecule has 2 aromatic carbocycles. The molecule has 3 aromatic rings. The van der Waals surface area contributed by atoms with Gasteiger partial charge >= 0.3 is 0 Å². The average Bonchev–Trinajstić information content (AvgIpc) is 3.11. The second-order valence-corrected chi connectivity index (χ2v) is 6.30. The molecule has 146 valence electrons. The summed E-state index contributed by atoms with van der Waals surface area (Å²) in [6.45, 7) is 2.12. The quantitative estimate of drug-likeness (QED) is 0.480. The zero-order valence-corrected chi connectivity index (χ0v) is 17.0. The van der Waals surface area contributed by atoms with E-state index in [9.17, 15) is 0 Å². The lowest BCUT2D eigenvalue weighted by Gasteiger charge is -2.13. The van der Waals surface area contributed by atoms with E-state index >= 15 is 0 Å². The lowest BCUT2D eigenvalue weighted by molar-refractivity contribution is 0.324. The fourth-order valence-corrected chi connectivity index (χ4v) is 2.94. The van der Waals surface area contributed by atoms with Gasteiger partial charge in [0, 0.05) is 5.56 Å². The van der Waals surface area contributed by atoms with Gasteiger partial charge in [-0.3, -0.25) is 0 Å². The van der Waals surface area contributed by atoms with E-state index in [1.54, 1.807) is 44.4 Å². The summed E-state index contributed by atoms with van der Waals surface area (Å²) in [4.78, 5) is 0. The first-order valence-electron chi connectivity index (χ1n) is 8.72. The second-order valence-electron chi connectivity index (χ2n) is 5.92. The monoisotopic (exact) mass is 398 g/mol. The normalized spacial score (nSPS) is 11.0. The van der Waals surface area contributed by atoms with Crippen molar-refractivity contribution < 1.29 is 14.2 Å².